The molecule has 2 nitrogen and oxygen atoms in total. The Bertz CT molecular complexity index is 424. The molecule has 1 aromatic rings. The van der Waals surface area contributed by atoms with Crippen molar-refractivity contribution < 1.29 is 22.6 Å². The van der Waals surface area contributed by atoms with Gasteiger partial charge in [-0.15, -0.1) is 0 Å². The van der Waals surface area contributed by atoms with E-state index in [0.29, 0.717) is 16.1 Å². The van der Waals surface area contributed by atoms with Gasteiger partial charge in [-0.3, -0.25) is 0 Å². The van der Waals surface area contributed by atoms with Crippen molar-refractivity contribution in [3.05, 3.63) is 22.7 Å². The zero-order valence-corrected chi connectivity index (χ0v) is 12.5. The second kappa shape index (κ2) is 7.24. The first-order valence-electron chi connectivity index (χ1n) is 5.49. The van der Waals surface area contributed by atoms with Crippen LogP contribution in [0.3, 0.4) is 0 Å². The molecule has 0 saturated carbocycles. The largest absolute Gasteiger partial charge is 0.493 e. The highest BCUT2D eigenvalue weighted by molar-refractivity contribution is 9.08. The molecule has 0 atom stereocenters. The van der Waals surface area contributed by atoms with Crippen LogP contribution >= 0.6 is 27.5 Å². The average molecular weight is 362 g/mol. The van der Waals surface area contributed by atoms with E-state index >= 15 is 0 Å². The van der Waals surface area contributed by atoms with Crippen LogP contribution in [0.25, 0.3) is 0 Å². The van der Waals surface area contributed by atoms with Crippen molar-refractivity contribution in [3.63, 3.8) is 0 Å². The predicted molar refractivity (Wildman–Crippen MR) is 71.4 cm³/mol. The number of ether oxygens (including phenoxy) is 2. The van der Waals surface area contributed by atoms with Gasteiger partial charge in [-0.2, -0.15) is 13.2 Å². The van der Waals surface area contributed by atoms with Gasteiger partial charge in [-0.25, -0.2) is 0 Å². The quantitative estimate of drug-likeness (QED) is 0.526. The van der Waals surface area contributed by atoms with E-state index in [1.54, 1.807) is 12.1 Å². The Morgan fingerprint density at radius 2 is 2.00 bits per heavy atom. The van der Waals surface area contributed by atoms with E-state index in [4.69, 9.17) is 21.1 Å². The van der Waals surface area contributed by atoms with E-state index in [2.05, 4.69) is 15.9 Å². The molecule has 0 bridgehead atoms. The average Bonchev–Trinajstić information content (AvgIpc) is 2.34. The summed E-state index contributed by atoms with van der Waals surface area (Å²) in [6.45, 7) is -0.0662. The van der Waals surface area contributed by atoms with Crippen LogP contribution in [0, 0.1) is 0 Å². The summed E-state index contributed by atoms with van der Waals surface area (Å²) in [4.78, 5) is 0. The number of hydrogen-bond acceptors (Lipinski definition) is 2. The van der Waals surface area contributed by atoms with Crippen LogP contribution in [0.1, 0.15) is 18.4 Å². The lowest BCUT2D eigenvalue weighted by Gasteiger charge is -2.14. The fourth-order valence-electron chi connectivity index (χ4n) is 1.44. The molecular formula is C12H13BrClF3O2. The summed E-state index contributed by atoms with van der Waals surface area (Å²) >= 11 is 9.30. The van der Waals surface area contributed by atoms with Gasteiger partial charge in [0.1, 0.15) is 0 Å². The summed E-state index contributed by atoms with van der Waals surface area (Å²) in [7, 11) is 1.45. The Labute approximate surface area is 123 Å². The summed E-state index contributed by atoms with van der Waals surface area (Å²) in [5.41, 5.74) is 0.893. The molecule has 108 valence electrons. The molecule has 0 heterocycles. The molecule has 1 aromatic carbocycles. The fourth-order valence-corrected chi connectivity index (χ4v) is 2.05. The molecule has 0 radical (unpaired) electrons. The van der Waals surface area contributed by atoms with Crippen LogP contribution in [-0.4, -0.2) is 19.9 Å². The molecule has 7 heteroatoms. The van der Waals surface area contributed by atoms with Crippen LogP contribution in [-0.2, 0) is 5.33 Å². The summed E-state index contributed by atoms with van der Waals surface area (Å²) in [5.74, 6) is 0.685. The highest BCUT2D eigenvalue weighted by atomic mass is 79.9. The molecule has 19 heavy (non-hydrogen) atoms. The third-order valence-electron chi connectivity index (χ3n) is 2.29. The minimum atomic E-state index is -4.17. The number of hydrogen-bond donors (Lipinski definition) is 0. The Morgan fingerprint density at radius 1 is 1.32 bits per heavy atom. The molecule has 0 fully saturated rings. The van der Waals surface area contributed by atoms with Gasteiger partial charge in [0.05, 0.1) is 18.7 Å². The van der Waals surface area contributed by atoms with Gasteiger partial charge in [-0.1, -0.05) is 27.5 Å². The summed E-state index contributed by atoms with van der Waals surface area (Å²) in [6, 6.07) is 3.40. The molecule has 0 spiro atoms. The lowest BCUT2D eigenvalue weighted by atomic mass is 10.2. The number of halogens is 5. The van der Waals surface area contributed by atoms with Gasteiger partial charge in [0.25, 0.3) is 0 Å². The topological polar surface area (TPSA) is 18.5 Å². The zero-order chi connectivity index (χ0) is 14.5. The van der Waals surface area contributed by atoms with Crippen LogP contribution in [0.15, 0.2) is 12.1 Å². The molecule has 0 saturated heterocycles. The van der Waals surface area contributed by atoms with E-state index < -0.39 is 12.6 Å². The lowest BCUT2D eigenvalue weighted by Crippen LogP contribution is -2.10. The van der Waals surface area contributed by atoms with Crippen molar-refractivity contribution in [2.45, 2.75) is 24.3 Å². The molecule has 1 rings (SSSR count). The van der Waals surface area contributed by atoms with E-state index in [1.807, 2.05) is 0 Å². The van der Waals surface area contributed by atoms with Crippen molar-refractivity contribution in [2.24, 2.45) is 0 Å². The van der Waals surface area contributed by atoms with Crippen molar-refractivity contribution in [1.29, 1.82) is 0 Å². The summed E-state index contributed by atoms with van der Waals surface area (Å²) < 4.78 is 46.4. The monoisotopic (exact) mass is 360 g/mol. The first-order chi connectivity index (χ1) is 8.87. The highest BCUT2D eigenvalue weighted by Crippen LogP contribution is 2.37. The molecule has 0 N–H and O–H groups in total. The van der Waals surface area contributed by atoms with E-state index in [0.717, 1.165) is 5.56 Å². The molecular weight excluding hydrogens is 348 g/mol. The van der Waals surface area contributed by atoms with Crippen LogP contribution in [0.2, 0.25) is 5.02 Å². The van der Waals surface area contributed by atoms with Crippen LogP contribution in [0.4, 0.5) is 13.2 Å². The van der Waals surface area contributed by atoms with Gasteiger partial charge in [0, 0.05) is 11.8 Å². The highest BCUT2D eigenvalue weighted by Gasteiger charge is 2.26. The van der Waals surface area contributed by atoms with E-state index in [-0.39, 0.29) is 18.8 Å². The second-order valence-corrected chi connectivity index (χ2v) is 4.78. The maximum Gasteiger partial charge on any atom is 0.389 e. The third kappa shape index (κ3) is 5.48. The van der Waals surface area contributed by atoms with Gasteiger partial charge in [0.2, 0.25) is 0 Å². The molecule has 0 aliphatic rings. The van der Waals surface area contributed by atoms with Crippen molar-refractivity contribution in [3.8, 4) is 11.5 Å². The Balaban J connectivity index is 2.67. The van der Waals surface area contributed by atoms with E-state index in [1.165, 1.54) is 7.11 Å². The number of benzene rings is 1. The number of alkyl halides is 4. The van der Waals surface area contributed by atoms with Crippen molar-refractivity contribution in [2.75, 3.05) is 13.7 Å². The van der Waals surface area contributed by atoms with Gasteiger partial charge in [0.15, 0.2) is 11.5 Å². The van der Waals surface area contributed by atoms with Gasteiger partial charge in [-0.05, 0) is 24.1 Å². The van der Waals surface area contributed by atoms with Crippen LogP contribution in [0.5, 0.6) is 11.5 Å². The number of rotatable bonds is 6. The lowest BCUT2D eigenvalue weighted by molar-refractivity contribution is -0.136. The Morgan fingerprint density at radius 3 is 2.53 bits per heavy atom. The molecule has 0 aliphatic heterocycles. The summed E-state index contributed by atoms with van der Waals surface area (Å²) in [5, 5.41) is 0.915. The third-order valence-corrected chi connectivity index (χ3v) is 3.22. The Kier molecular flexibility index (Phi) is 6.26. The molecule has 0 amide bonds. The molecule has 0 aliphatic carbocycles. The minimum absolute atomic E-state index is 0.0662. The van der Waals surface area contributed by atoms with Crippen LogP contribution < -0.4 is 9.47 Å². The maximum atomic E-state index is 12.0. The first kappa shape index (κ1) is 16.4. The molecule has 0 unspecified atom stereocenters. The zero-order valence-electron chi connectivity index (χ0n) is 10.2. The minimum Gasteiger partial charge on any atom is -0.493 e. The fraction of sp³-hybridized carbons (Fsp3) is 0.500. The Hall–Kier alpha value is -0.620. The normalized spacial score (nSPS) is 11.5. The first-order valence-corrected chi connectivity index (χ1v) is 6.99. The number of methoxy groups -OCH3 is 1. The second-order valence-electron chi connectivity index (χ2n) is 3.81. The van der Waals surface area contributed by atoms with Crippen molar-refractivity contribution >= 4 is 27.5 Å². The smallest absolute Gasteiger partial charge is 0.389 e. The standard InChI is InChI=1S/C12H13BrClF3O2/c1-18-10-6-8(7-13)5-9(14)11(10)19-4-2-3-12(15,16)17/h5-6H,2-4,7H2,1H3. The van der Waals surface area contributed by atoms with Gasteiger partial charge >= 0.3 is 6.18 Å². The van der Waals surface area contributed by atoms with Crippen molar-refractivity contribution in [1.82, 2.24) is 0 Å². The van der Waals surface area contributed by atoms with E-state index in [9.17, 15) is 13.2 Å². The summed E-state index contributed by atoms with van der Waals surface area (Å²) in [6.07, 6.45) is -5.17. The molecule has 0 aromatic heterocycles. The SMILES string of the molecule is COc1cc(CBr)cc(Cl)c1OCCCC(F)(F)F. The maximum absolute atomic E-state index is 12.0. The van der Waals surface area contributed by atoms with Gasteiger partial charge < -0.3 is 9.47 Å². The predicted octanol–water partition coefficient (Wildman–Crippen LogP) is 4.96.